The highest BCUT2D eigenvalue weighted by Gasteiger charge is 2.29. The van der Waals surface area contributed by atoms with Crippen molar-refractivity contribution in [2.24, 2.45) is 0 Å². The first-order valence-electron chi connectivity index (χ1n) is 14.5. The Morgan fingerprint density at radius 3 is 2.21 bits per heavy atom. The van der Waals surface area contributed by atoms with Crippen molar-refractivity contribution in [2.75, 3.05) is 0 Å². The lowest BCUT2D eigenvalue weighted by Gasteiger charge is -2.31. The van der Waals surface area contributed by atoms with Gasteiger partial charge in [-0.05, 0) is 53.0 Å². The summed E-state index contributed by atoms with van der Waals surface area (Å²) in [5.41, 5.74) is 2.66. The van der Waals surface area contributed by atoms with Gasteiger partial charge in [0.25, 0.3) is 0 Å². The fraction of sp³-hybridized carbons (Fsp3) is 0.371. The highest BCUT2D eigenvalue weighted by molar-refractivity contribution is 5.92. The van der Waals surface area contributed by atoms with Crippen LogP contribution >= 0.6 is 0 Å². The molecule has 2 heterocycles. The fourth-order valence-corrected chi connectivity index (χ4v) is 4.56. The molecule has 0 aliphatic carbocycles. The van der Waals surface area contributed by atoms with Gasteiger partial charge in [-0.15, -0.1) is 0 Å². The molecule has 230 valence electrons. The lowest BCUT2D eigenvalue weighted by molar-refractivity contribution is -0.146. The first-order chi connectivity index (χ1) is 20.6. The Kier molecular flexibility index (Phi) is 15.4. The molecule has 0 aromatic carbocycles. The molecule has 2 amide bonds. The van der Waals surface area contributed by atoms with E-state index in [0.717, 1.165) is 16.7 Å². The molecular weight excluding hydrogens is 544 g/mol. The SMILES string of the molecule is C=C1C[C@@H]2C/C=C/C(=O)C/C(C)=C\C=C\C(=O)O[C@H](C(NC(=O)/C=C\C=C\C)NC(=O)/C=C\C=C\C)C/C(C)=C/[C@H](C1)O2. The molecule has 8 nitrogen and oxygen atoms in total. The van der Waals surface area contributed by atoms with Crippen molar-refractivity contribution in [2.45, 2.75) is 84.3 Å². The van der Waals surface area contributed by atoms with Crippen LogP contribution in [0.1, 0.15) is 59.8 Å². The van der Waals surface area contributed by atoms with Gasteiger partial charge in [-0.3, -0.25) is 14.4 Å². The van der Waals surface area contributed by atoms with Gasteiger partial charge in [0.05, 0.1) is 12.2 Å². The molecule has 0 unspecified atom stereocenters. The molecule has 2 rings (SSSR count). The minimum Gasteiger partial charge on any atom is -0.455 e. The van der Waals surface area contributed by atoms with Crippen LogP contribution in [-0.2, 0) is 28.7 Å². The Morgan fingerprint density at radius 1 is 0.930 bits per heavy atom. The van der Waals surface area contributed by atoms with Crippen LogP contribution in [0.5, 0.6) is 0 Å². The number of carbonyl (C=O) groups is 4. The maximum atomic E-state index is 12.9. The van der Waals surface area contributed by atoms with E-state index in [4.69, 9.17) is 9.47 Å². The Balaban J connectivity index is 2.47. The molecule has 0 aromatic rings. The third-order valence-electron chi connectivity index (χ3n) is 6.47. The van der Waals surface area contributed by atoms with Gasteiger partial charge < -0.3 is 20.1 Å². The van der Waals surface area contributed by atoms with E-state index in [1.165, 1.54) is 24.3 Å². The van der Waals surface area contributed by atoms with Crippen molar-refractivity contribution >= 4 is 23.6 Å². The third kappa shape index (κ3) is 14.4. The van der Waals surface area contributed by atoms with Gasteiger partial charge in [-0.25, -0.2) is 4.79 Å². The van der Waals surface area contributed by atoms with E-state index in [2.05, 4.69) is 17.2 Å². The Labute approximate surface area is 255 Å². The van der Waals surface area contributed by atoms with E-state index >= 15 is 0 Å². The maximum absolute atomic E-state index is 12.9. The number of fused-ring (bicyclic) bond motifs is 2. The highest BCUT2D eigenvalue weighted by atomic mass is 16.5. The molecule has 2 N–H and O–H groups in total. The zero-order valence-electron chi connectivity index (χ0n) is 25.6. The maximum Gasteiger partial charge on any atom is 0.331 e. The standard InChI is InChI=1S/C35H44N2O6/c1-6-8-10-17-32(39)36-35(37-33(40)18-11-9-7-2)31-24-27(5)23-30-22-26(4)21-29(42-30)16-13-15-28(38)20-25(3)14-12-19-34(41)43-31/h6-15,17-19,23,29-31,35H,4,16,20-22,24H2,1-3,5H3,(H,36,39)(H,37,40)/b8-6+,9-7+,15-13+,17-10-,18-11-,19-12+,25-14-,27-23+/t29-,30-,31-/m0/s1. The number of amides is 2. The third-order valence-corrected chi connectivity index (χ3v) is 6.47. The van der Waals surface area contributed by atoms with Crippen LogP contribution in [0.4, 0.5) is 0 Å². The number of esters is 1. The molecule has 0 spiro atoms. The number of ether oxygens (including phenoxy) is 2. The number of hydrogen-bond acceptors (Lipinski definition) is 6. The quantitative estimate of drug-likeness (QED) is 0.132. The summed E-state index contributed by atoms with van der Waals surface area (Å²) in [7, 11) is 0. The number of hydrogen-bond donors (Lipinski definition) is 2. The van der Waals surface area contributed by atoms with Crippen molar-refractivity contribution in [3.05, 3.63) is 108 Å². The summed E-state index contributed by atoms with van der Waals surface area (Å²) in [4.78, 5) is 50.8. The second kappa shape index (κ2) is 19.0. The molecular formula is C35H44N2O6. The molecule has 2 aliphatic rings. The van der Waals surface area contributed by atoms with Gasteiger partial charge in [0, 0.05) is 31.1 Å². The minimum absolute atomic E-state index is 0.0471. The predicted molar refractivity (Wildman–Crippen MR) is 170 cm³/mol. The summed E-state index contributed by atoms with van der Waals surface area (Å²) in [6, 6.07) is 0. The molecule has 0 aromatic heterocycles. The van der Waals surface area contributed by atoms with Gasteiger partial charge in [-0.1, -0.05) is 84.1 Å². The van der Waals surface area contributed by atoms with Crippen molar-refractivity contribution in [3.63, 3.8) is 0 Å². The topological polar surface area (TPSA) is 111 Å². The van der Waals surface area contributed by atoms with Gasteiger partial charge >= 0.3 is 5.97 Å². The van der Waals surface area contributed by atoms with Crippen LogP contribution in [-0.4, -0.2) is 48.0 Å². The van der Waals surface area contributed by atoms with Crippen molar-refractivity contribution in [1.29, 1.82) is 0 Å². The average molecular weight is 589 g/mol. The van der Waals surface area contributed by atoms with Gasteiger partial charge in [0.1, 0.15) is 12.3 Å². The first-order valence-corrected chi connectivity index (χ1v) is 14.5. The monoisotopic (exact) mass is 588 g/mol. The van der Waals surface area contributed by atoms with E-state index in [1.54, 1.807) is 55.5 Å². The number of allylic oxidation sites excluding steroid dienone is 10. The summed E-state index contributed by atoms with van der Waals surface area (Å²) in [5.74, 6) is -1.66. The van der Waals surface area contributed by atoms with Crippen LogP contribution < -0.4 is 10.6 Å². The molecule has 3 atom stereocenters. The van der Waals surface area contributed by atoms with Crippen LogP contribution in [0.25, 0.3) is 0 Å². The molecule has 1 saturated heterocycles. The van der Waals surface area contributed by atoms with Crippen LogP contribution in [0, 0.1) is 0 Å². The van der Waals surface area contributed by atoms with Crippen LogP contribution in [0.15, 0.2) is 108 Å². The molecule has 1 fully saturated rings. The Hall–Kier alpha value is -4.30. The van der Waals surface area contributed by atoms with Crippen LogP contribution in [0.2, 0.25) is 0 Å². The van der Waals surface area contributed by atoms with Crippen LogP contribution in [0.3, 0.4) is 0 Å². The van der Waals surface area contributed by atoms with E-state index in [9.17, 15) is 19.2 Å². The molecule has 2 bridgehead atoms. The van der Waals surface area contributed by atoms with Crippen molar-refractivity contribution in [3.8, 4) is 0 Å². The molecule has 0 radical (unpaired) electrons. The number of nitrogens with one attached hydrogen (secondary N) is 2. The largest absolute Gasteiger partial charge is 0.455 e. The summed E-state index contributed by atoms with van der Waals surface area (Å²) < 4.78 is 12.1. The van der Waals surface area contributed by atoms with Gasteiger partial charge in [0.2, 0.25) is 11.8 Å². The van der Waals surface area contributed by atoms with E-state index < -0.39 is 30.1 Å². The smallest absolute Gasteiger partial charge is 0.331 e. The molecule has 2 aliphatic heterocycles. The molecule has 43 heavy (non-hydrogen) atoms. The zero-order valence-corrected chi connectivity index (χ0v) is 25.6. The van der Waals surface area contributed by atoms with Crippen molar-refractivity contribution < 1.29 is 28.7 Å². The number of rotatable bonds is 7. The lowest BCUT2D eigenvalue weighted by Crippen LogP contribution is -2.55. The second-order valence-corrected chi connectivity index (χ2v) is 10.6. The van der Waals surface area contributed by atoms with E-state index in [-0.39, 0.29) is 30.8 Å². The number of carbonyl (C=O) groups excluding carboxylic acids is 4. The summed E-state index contributed by atoms with van der Waals surface area (Å²) in [6.07, 6.45) is 22.5. The molecule has 0 saturated carbocycles. The summed E-state index contributed by atoms with van der Waals surface area (Å²) in [5, 5.41) is 5.53. The summed E-state index contributed by atoms with van der Waals surface area (Å²) in [6.45, 7) is 11.5. The van der Waals surface area contributed by atoms with E-state index in [0.29, 0.717) is 19.3 Å². The van der Waals surface area contributed by atoms with Gasteiger partial charge in [0.15, 0.2) is 5.78 Å². The normalized spacial score (nSPS) is 26.9. The minimum atomic E-state index is -1.05. The first kappa shape index (κ1) is 34.9. The Bertz CT molecular complexity index is 1220. The lowest BCUT2D eigenvalue weighted by atomic mass is 9.95. The van der Waals surface area contributed by atoms with E-state index in [1.807, 2.05) is 32.9 Å². The Morgan fingerprint density at radius 2 is 1.58 bits per heavy atom. The number of cyclic esters (lactones) is 1. The zero-order chi connectivity index (χ0) is 31.6. The number of ketones is 1. The second-order valence-electron chi connectivity index (χ2n) is 10.6. The molecule has 8 heteroatoms. The summed E-state index contributed by atoms with van der Waals surface area (Å²) >= 11 is 0. The average Bonchev–Trinajstić information content (AvgIpc) is 2.91. The highest BCUT2D eigenvalue weighted by Crippen LogP contribution is 2.27. The van der Waals surface area contributed by atoms with Gasteiger partial charge in [-0.2, -0.15) is 0 Å². The predicted octanol–water partition coefficient (Wildman–Crippen LogP) is 5.58. The van der Waals surface area contributed by atoms with Crippen molar-refractivity contribution in [1.82, 2.24) is 10.6 Å². The fourth-order valence-electron chi connectivity index (χ4n) is 4.56.